The molecule has 0 atom stereocenters. The highest BCUT2D eigenvalue weighted by molar-refractivity contribution is 8.23. The van der Waals surface area contributed by atoms with E-state index in [0.29, 0.717) is 34.9 Å². The van der Waals surface area contributed by atoms with Crippen LogP contribution in [0.4, 0.5) is 23.0 Å². The Morgan fingerprint density at radius 3 is 1.67 bits per heavy atom. The molecule has 0 unspecified atom stereocenters. The van der Waals surface area contributed by atoms with Gasteiger partial charge in [0.15, 0.2) is 0 Å². The van der Waals surface area contributed by atoms with Gasteiger partial charge in [-0.05, 0) is 96.7 Å². The Labute approximate surface area is 238 Å². The molecule has 0 bridgehead atoms. The zero-order valence-electron chi connectivity index (χ0n) is 18.7. The standard InChI is InChI=1S/C24H18Cl2N6S4/c1-14-3-2-4-19(13-14)27-20-30-21(35-23(33)28-17-9-5-15(25)6-10-17)32-22(31-20)36-24(34)29-18-11-7-16(26)8-12-18/h2-13H,1H3,(H,28,33)(H,29,34)(H,27,30,31,32). The Bertz CT molecular complexity index is 1300. The number of aryl methyl sites for hydroxylation is 1. The summed E-state index contributed by atoms with van der Waals surface area (Å²) in [5.41, 5.74) is 3.59. The van der Waals surface area contributed by atoms with Crippen molar-refractivity contribution in [1.29, 1.82) is 0 Å². The first kappa shape index (κ1) is 26.6. The second-order valence-corrected chi connectivity index (χ2v) is 11.4. The summed E-state index contributed by atoms with van der Waals surface area (Å²) < 4.78 is 0.950. The number of thioether (sulfide) groups is 2. The molecule has 0 amide bonds. The number of benzene rings is 3. The van der Waals surface area contributed by atoms with E-state index >= 15 is 0 Å². The number of halogens is 2. The van der Waals surface area contributed by atoms with Crippen LogP contribution in [0, 0.1) is 6.92 Å². The molecule has 12 heteroatoms. The number of nitrogens with one attached hydrogen (secondary N) is 3. The molecule has 4 aromatic rings. The lowest BCUT2D eigenvalue weighted by Gasteiger charge is -2.11. The number of thiocarbonyl (C=S) groups is 2. The van der Waals surface area contributed by atoms with E-state index in [0.717, 1.165) is 22.6 Å². The monoisotopic (exact) mass is 588 g/mol. The fourth-order valence-electron chi connectivity index (χ4n) is 2.86. The second kappa shape index (κ2) is 12.7. The van der Waals surface area contributed by atoms with Crippen LogP contribution in [-0.2, 0) is 0 Å². The highest BCUT2D eigenvalue weighted by Crippen LogP contribution is 2.26. The van der Waals surface area contributed by atoms with E-state index in [1.165, 1.54) is 23.5 Å². The van der Waals surface area contributed by atoms with Crippen molar-refractivity contribution in [2.24, 2.45) is 0 Å². The van der Waals surface area contributed by atoms with Crippen molar-refractivity contribution in [3.8, 4) is 0 Å². The molecule has 0 fully saturated rings. The summed E-state index contributed by atoms with van der Waals surface area (Å²) in [4.78, 5) is 13.6. The third-order valence-electron chi connectivity index (χ3n) is 4.42. The number of hydrogen-bond donors (Lipinski definition) is 3. The predicted molar refractivity (Wildman–Crippen MR) is 161 cm³/mol. The third-order valence-corrected chi connectivity index (χ3v) is 6.93. The van der Waals surface area contributed by atoms with Gasteiger partial charge in [-0.2, -0.15) is 15.0 Å². The maximum Gasteiger partial charge on any atom is 0.232 e. The summed E-state index contributed by atoms with van der Waals surface area (Å²) in [6.07, 6.45) is 0. The Morgan fingerprint density at radius 2 is 1.19 bits per heavy atom. The van der Waals surface area contributed by atoms with E-state index in [1.807, 2.05) is 55.5 Å². The molecule has 0 aliphatic heterocycles. The van der Waals surface area contributed by atoms with Gasteiger partial charge >= 0.3 is 0 Å². The molecule has 0 spiro atoms. The molecule has 36 heavy (non-hydrogen) atoms. The Hall–Kier alpha value is -2.47. The molecule has 1 heterocycles. The minimum absolute atomic E-state index is 0.379. The van der Waals surface area contributed by atoms with E-state index in [9.17, 15) is 0 Å². The second-order valence-electron chi connectivity index (χ2n) is 7.26. The molecule has 182 valence electrons. The summed E-state index contributed by atoms with van der Waals surface area (Å²) in [6.45, 7) is 2.02. The Balaban J connectivity index is 1.53. The fourth-order valence-corrected chi connectivity index (χ4v) is 5.05. The average Bonchev–Trinajstić information content (AvgIpc) is 2.82. The van der Waals surface area contributed by atoms with Gasteiger partial charge in [-0.15, -0.1) is 0 Å². The van der Waals surface area contributed by atoms with Crippen LogP contribution in [0.25, 0.3) is 0 Å². The van der Waals surface area contributed by atoms with Crippen LogP contribution >= 0.6 is 71.2 Å². The van der Waals surface area contributed by atoms with Gasteiger partial charge < -0.3 is 16.0 Å². The van der Waals surface area contributed by atoms with Crippen LogP contribution in [0.5, 0.6) is 0 Å². The maximum atomic E-state index is 5.96. The molecule has 0 aliphatic rings. The highest BCUT2D eigenvalue weighted by Gasteiger charge is 2.13. The zero-order valence-corrected chi connectivity index (χ0v) is 23.4. The minimum Gasteiger partial charge on any atom is -0.341 e. The lowest BCUT2D eigenvalue weighted by molar-refractivity contribution is 0.815. The van der Waals surface area contributed by atoms with Crippen LogP contribution in [0.15, 0.2) is 83.1 Å². The van der Waals surface area contributed by atoms with Crippen molar-refractivity contribution in [3.63, 3.8) is 0 Å². The Morgan fingerprint density at radius 1 is 0.694 bits per heavy atom. The molecular weight excluding hydrogens is 571 g/mol. The van der Waals surface area contributed by atoms with Gasteiger partial charge in [0.25, 0.3) is 0 Å². The average molecular weight is 590 g/mol. The van der Waals surface area contributed by atoms with Crippen molar-refractivity contribution < 1.29 is 0 Å². The minimum atomic E-state index is 0.379. The zero-order chi connectivity index (χ0) is 25.5. The summed E-state index contributed by atoms with van der Waals surface area (Å²) in [6, 6.07) is 22.4. The number of aromatic nitrogens is 3. The van der Waals surface area contributed by atoms with Crippen LogP contribution in [0.1, 0.15) is 5.56 Å². The first-order valence-corrected chi connectivity index (χ1v) is 13.6. The van der Waals surface area contributed by atoms with E-state index in [2.05, 4.69) is 30.9 Å². The van der Waals surface area contributed by atoms with Crippen molar-refractivity contribution in [1.82, 2.24) is 15.0 Å². The fraction of sp³-hybridized carbons (Fsp3) is 0.0417. The SMILES string of the molecule is Cc1cccc(Nc2nc(SC(=S)Nc3ccc(Cl)cc3)nc(SC(=S)Nc3ccc(Cl)cc3)n2)c1. The molecule has 0 saturated heterocycles. The number of nitrogens with zero attached hydrogens (tertiary/aromatic N) is 3. The van der Waals surface area contributed by atoms with Crippen LogP contribution in [0.3, 0.4) is 0 Å². The van der Waals surface area contributed by atoms with Gasteiger partial charge in [0.2, 0.25) is 16.3 Å². The third kappa shape index (κ3) is 8.29. The largest absolute Gasteiger partial charge is 0.341 e. The highest BCUT2D eigenvalue weighted by atomic mass is 35.5. The molecule has 3 aromatic carbocycles. The maximum absolute atomic E-state index is 5.96. The van der Waals surface area contributed by atoms with E-state index in [4.69, 9.17) is 47.6 Å². The number of rotatable bonds is 6. The van der Waals surface area contributed by atoms with Crippen molar-refractivity contribution in [3.05, 3.63) is 88.4 Å². The predicted octanol–water partition coefficient (Wildman–Crippen LogP) is 8.21. The molecule has 6 nitrogen and oxygen atoms in total. The summed E-state index contributed by atoms with van der Waals surface area (Å²) in [5.74, 6) is 0.379. The van der Waals surface area contributed by atoms with Gasteiger partial charge in [0.05, 0.1) is 0 Å². The summed E-state index contributed by atoms with van der Waals surface area (Å²) in [5, 5.41) is 11.7. The van der Waals surface area contributed by atoms with Crippen LogP contribution in [0.2, 0.25) is 10.0 Å². The van der Waals surface area contributed by atoms with Gasteiger partial charge in [-0.3, -0.25) is 0 Å². The quantitative estimate of drug-likeness (QED) is 0.151. The topological polar surface area (TPSA) is 74.8 Å². The molecule has 1 aromatic heterocycles. The normalized spacial score (nSPS) is 10.5. The van der Waals surface area contributed by atoms with Gasteiger partial charge in [0, 0.05) is 27.1 Å². The first-order valence-electron chi connectivity index (χ1n) is 10.4. The van der Waals surface area contributed by atoms with E-state index < -0.39 is 0 Å². The molecular formula is C24H18Cl2N6S4. The van der Waals surface area contributed by atoms with Gasteiger partial charge in [0.1, 0.15) is 8.64 Å². The molecule has 3 N–H and O–H groups in total. The van der Waals surface area contributed by atoms with Crippen molar-refractivity contribution >= 4 is 103 Å². The summed E-state index contributed by atoms with van der Waals surface area (Å²) in [7, 11) is 0. The van der Waals surface area contributed by atoms with Crippen LogP contribution < -0.4 is 16.0 Å². The van der Waals surface area contributed by atoms with Gasteiger partial charge in [-0.25, -0.2) is 0 Å². The summed E-state index contributed by atoms with van der Waals surface area (Å²) >= 11 is 25.4. The molecule has 4 rings (SSSR count). The lowest BCUT2D eigenvalue weighted by atomic mass is 10.2. The van der Waals surface area contributed by atoms with Crippen molar-refractivity contribution in [2.45, 2.75) is 17.2 Å². The van der Waals surface area contributed by atoms with Crippen molar-refractivity contribution in [2.75, 3.05) is 16.0 Å². The van der Waals surface area contributed by atoms with Gasteiger partial charge in [-0.1, -0.05) is 59.8 Å². The molecule has 0 aliphatic carbocycles. The van der Waals surface area contributed by atoms with E-state index in [1.54, 1.807) is 24.3 Å². The first-order chi connectivity index (χ1) is 17.3. The number of hydrogen-bond acceptors (Lipinski definition) is 8. The lowest BCUT2D eigenvalue weighted by Crippen LogP contribution is -2.09. The smallest absolute Gasteiger partial charge is 0.232 e. The van der Waals surface area contributed by atoms with Crippen LogP contribution in [-0.4, -0.2) is 23.6 Å². The molecule has 0 radical (unpaired) electrons. The number of anilines is 4. The molecule has 0 saturated carbocycles. The Kier molecular flexibility index (Phi) is 9.35. The van der Waals surface area contributed by atoms with E-state index in [-0.39, 0.29) is 0 Å².